The van der Waals surface area contributed by atoms with Gasteiger partial charge in [-0.05, 0) is 55.7 Å². The van der Waals surface area contributed by atoms with Gasteiger partial charge in [-0.1, -0.05) is 30.7 Å². The van der Waals surface area contributed by atoms with E-state index in [0.717, 1.165) is 29.0 Å². The minimum absolute atomic E-state index is 0.00689. The number of carbonyl (C=O) groups is 1. The Labute approximate surface area is 147 Å². The van der Waals surface area contributed by atoms with Crippen LogP contribution < -0.4 is 15.0 Å². The molecule has 1 N–H and O–H groups in total. The van der Waals surface area contributed by atoms with Crippen molar-refractivity contribution in [2.75, 3.05) is 16.8 Å². The van der Waals surface area contributed by atoms with Gasteiger partial charge in [-0.25, -0.2) is 4.79 Å². The average molecular weight is 345 g/mol. The lowest BCUT2D eigenvalue weighted by molar-refractivity contribution is 0.188. The molecule has 1 heterocycles. The summed E-state index contributed by atoms with van der Waals surface area (Å²) in [6.07, 6.45) is 0.834. The highest BCUT2D eigenvalue weighted by Gasteiger charge is 2.29. The molecule has 0 unspecified atom stereocenters. The van der Waals surface area contributed by atoms with Gasteiger partial charge in [0.05, 0.1) is 12.2 Å². The summed E-state index contributed by atoms with van der Waals surface area (Å²) in [5.41, 5.74) is 3.55. The molecule has 2 aromatic carbocycles. The van der Waals surface area contributed by atoms with Gasteiger partial charge >= 0.3 is 6.03 Å². The number of nitrogens with one attached hydrogen (secondary N) is 1. The van der Waals surface area contributed by atoms with Crippen LogP contribution in [0.1, 0.15) is 24.5 Å². The Kier molecular flexibility index (Phi) is 4.67. The number of anilines is 2. The van der Waals surface area contributed by atoms with Crippen LogP contribution in [0, 0.1) is 13.8 Å². The molecule has 3 rings (SSSR count). The summed E-state index contributed by atoms with van der Waals surface area (Å²) in [5.74, 6) is 0.746. The zero-order valence-corrected chi connectivity index (χ0v) is 14.9. The van der Waals surface area contributed by atoms with E-state index >= 15 is 0 Å². The molecule has 0 fully saturated rings. The molecule has 4 nitrogen and oxygen atoms in total. The van der Waals surface area contributed by atoms with Crippen LogP contribution in [0.3, 0.4) is 0 Å². The molecule has 5 heteroatoms. The van der Waals surface area contributed by atoms with E-state index in [9.17, 15) is 4.79 Å². The fourth-order valence-electron chi connectivity index (χ4n) is 2.72. The Bertz CT molecular complexity index is 776. The highest BCUT2D eigenvalue weighted by molar-refractivity contribution is 6.31. The summed E-state index contributed by atoms with van der Waals surface area (Å²) in [6, 6.07) is 11.2. The third-order valence-corrected chi connectivity index (χ3v) is 4.62. The van der Waals surface area contributed by atoms with E-state index in [-0.39, 0.29) is 12.1 Å². The number of nitrogens with zero attached hydrogens (tertiary/aromatic N) is 1. The third-order valence-electron chi connectivity index (χ3n) is 4.21. The van der Waals surface area contributed by atoms with E-state index in [1.807, 2.05) is 44.2 Å². The number of aryl methyl sites for hydroxylation is 2. The van der Waals surface area contributed by atoms with Gasteiger partial charge in [-0.3, -0.25) is 4.90 Å². The highest BCUT2D eigenvalue weighted by atomic mass is 35.5. The molecule has 126 valence electrons. The normalized spacial score (nSPS) is 16.3. The molecule has 0 saturated carbocycles. The molecule has 0 saturated heterocycles. The first kappa shape index (κ1) is 16.7. The number of ether oxygens (including phenoxy) is 1. The molecule has 24 heavy (non-hydrogen) atoms. The smallest absolute Gasteiger partial charge is 0.326 e. The van der Waals surface area contributed by atoms with Crippen LogP contribution in [0.5, 0.6) is 5.75 Å². The van der Waals surface area contributed by atoms with Crippen LogP contribution in [0.2, 0.25) is 5.02 Å². The van der Waals surface area contributed by atoms with Crippen molar-refractivity contribution in [3.05, 3.63) is 52.5 Å². The second kappa shape index (κ2) is 6.73. The standard InChI is InChI=1S/C19H21ClN2O2/c1-4-15-11-22(17-9-12(2)5-8-18(17)24-15)19(23)21-14-7-6-13(3)16(20)10-14/h5-10,15H,4,11H2,1-3H3,(H,21,23)/t15-/m1/s1. The summed E-state index contributed by atoms with van der Waals surface area (Å²) in [4.78, 5) is 14.6. The summed E-state index contributed by atoms with van der Waals surface area (Å²) in [7, 11) is 0. The van der Waals surface area contributed by atoms with Crippen molar-refractivity contribution in [2.24, 2.45) is 0 Å². The molecule has 1 atom stereocenters. The number of rotatable bonds is 2. The molecule has 1 aliphatic heterocycles. The van der Waals surface area contributed by atoms with Crippen LogP contribution in [-0.4, -0.2) is 18.7 Å². The van der Waals surface area contributed by atoms with Gasteiger partial charge in [-0.15, -0.1) is 0 Å². The maximum Gasteiger partial charge on any atom is 0.326 e. The second-order valence-electron chi connectivity index (χ2n) is 6.12. The van der Waals surface area contributed by atoms with Crippen molar-refractivity contribution in [2.45, 2.75) is 33.3 Å². The van der Waals surface area contributed by atoms with Gasteiger partial charge in [-0.2, -0.15) is 0 Å². The molecule has 0 bridgehead atoms. The Morgan fingerprint density at radius 2 is 2.08 bits per heavy atom. The van der Waals surface area contributed by atoms with Gasteiger partial charge in [0.1, 0.15) is 11.9 Å². The van der Waals surface area contributed by atoms with Crippen molar-refractivity contribution in [1.29, 1.82) is 0 Å². The van der Waals surface area contributed by atoms with E-state index in [0.29, 0.717) is 17.3 Å². The maximum absolute atomic E-state index is 12.8. The van der Waals surface area contributed by atoms with Crippen molar-refractivity contribution < 1.29 is 9.53 Å². The predicted molar refractivity (Wildman–Crippen MR) is 98.4 cm³/mol. The van der Waals surface area contributed by atoms with Crippen LogP contribution in [0.25, 0.3) is 0 Å². The van der Waals surface area contributed by atoms with Gasteiger partial charge in [0.2, 0.25) is 0 Å². The largest absolute Gasteiger partial charge is 0.486 e. The number of hydrogen-bond acceptors (Lipinski definition) is 2. The number of halogens is 1. The molecular weight excluding hydrogens is 324 g/mol. The summed E-state index contributed by atoms with van der Waals surface area (Å²) in [6.45, 7) is 6.51. The van der Waals surface area contributed by atoms with E-state index in [1.165, 1.54) is 0 Å². The van der Waals surface area contributed by atoms with Crippen LogP contribution in [0.15, 0.2) is 36.4 Å². The number of amides is 2. The minimum atomic E-state index is -0.177. The van der Waals surface area contributed by atoms with Crippen LogP contribution in [-0.2, 0) is 0 Å². The number of benzene rings is 2. The molecule has 0 aliphatic carbocycles. The maximum atomic E-state index is 12.8. The summed E-state index contributed by atoms with van der Waals surface area (Å²) in [5, 5.41) is 3.57. The first-order valence-corrected chi connectivity index (χ1v) is 8.47. The monoisotopic (exact) mass is 344 g/mol. The number of carbonyl (C=O) groups excluding carboxylic acids is 1. The molecule has 0 aromatic heterocycles. The second-order valence-corrected chi connectivity index (χ2v) is 6.53. The quantitative estimate of drug-likeness (QED) is 0.816. The van der Waals surface area contributed by atoms with E-state index in [4.69, 9.17) is 16.3 Å². The fraction of sp³-hybridized carbons (Fsp3) is 0.316. The molecule has 0 spiro atoms. The molecule has 2 amide bonds. The third kappa shape index (κ3) is 3.34. The number of urea groups is 1. The van der Waals surface area contributed by atoms with E-state index in [1.54, 1.807) is 11.0 Å². The fourth-order valence-corrected chi connectivity index (χ4v) is 2.90. The van der Waals surface area contributed by atoms with Crippen LogP contribution in [0.4, 0.5) is 16.2 Å². The van der Waals surface area contributed by atoms with E-state index in [2.05, 4.69) is 12.2 Å². The zero-order valence-electron chi connectivity index (χ0n) is 14.1. The lowest BCUT2D eigenvalue weighted by Gasteiger charge is -2.34. The first-order valence-electron chi connectivity index (χ1n) is 8.10. The Hall–Kier alpha value is -2.20. The summed E-state index contributed by atoms with van der Waals surface area (Å²) < 4.78 is 5.96. The van der Waals surface area contributed by atoms with Crippen molar-refractivity contribution in [3.8, 4) is 5.75 Å². The lowest BCUT2D eigenvalue weighted by atomic mass is 10.1. The highest BCUT2D eigenvalue weighted by Crippen LogP contribution is 2.35. The topological polar surface area (TPSA) is 41.6 Å². The minimum Gasteiger partial charge on any atom is -0.486 e. The van der Waals surface area contributed by atoms with E-state index < -0.39 is 0 Å². The molecular formula is C19H21ClN2O2. The van der Waals surface area contributed by atoms with Crippen molar-refractivity contribution >= 4 is 29.0 Å². The molecule has 2 aromatic rings. The van der Waals surface area contributed by atoms with Crippen LogP contribution >= 0.6 is 11.6 Å². The average Bonchev–Trinajstić information content (AvgIpc) is 2.57. The predicted octanol–water partition coefficient (Wildman–Crippen LogP) is 5.17. The molecule has 0 radical (unpaired) electrons. The molecule has 1 aliphatic rings. The van der Waals surface area contributed by atoms with Gasteiger partial charge in [0, 0.05) is 10.7 Å². The lowest BCUT2D eigenvalue weighted by Crippen LogP contribution is -2.45. The van der Waals surface area contributed by atoms with Gasteiger partial charge in [0.25, 0.3) is 0 Å². The Morgan fingerprint density at radius 3 is 2.79 bits per heavy atom. The zero-order chi connectivity index (χ0) is 17.3. The summed E-state index contributed by atoms with van der Waals surface area (Å²) >= 11 is 6.15. The van der Waals surface area contributed by atoms with Crippen molar-refractivity contribution in [1.82, 2.24) is 0 Å². The van der Waals surface area contributed by atoms with Gasteiger partial charge < -0.3 is 10.1 Å². The SMILES string of the molecule is CC[C@@H]1CN(C(=O)Nc2ccc(C)c(Cl)c2)c2cc(C)ccc2O1. The van der Waals surface area contributed by atoms with Crippen molar-refractivity contribution in [3.63, 3.8) is 0 Å². The Morgan fingerprint density at radius 1 is 1.29 bits per heavy atom. The number of fused-ring (bicyclic) bond motifs is 1. The first-order chi connectivity index (χ1) is 11.5. The number of hydrogen-bond donors (Lipinski definition) is 1. The Balaban J connectivity index is 1.88. The van der Waals surface area contributed by atoms with Gasteiger partial charge in [0.15, 0.2) is 0 Å².